The normalized spacial score (nSPS) is 13.6. The molecule has 1 aromatic rings. The molecule has 18 heavy (non-hydrogen) atoms. The number of benzene rings is 1. The van der Waals surface area contributed by atoms with Gasteiger partial charge in [-0.15, -0.1) is 0 Å². The monoisotopic (exact) mass is 259 g/mol. The van der Waals surface area contributed by atoms with Crippen molar-refractivity contribution in [3.63, 3.8) is 0 Å². The number of alkyl halides is 3. The minimum absolute atomic E-state index is 0.113. The minimum atomic E-state index is -4.07. The summed E-state index contributed by atoms with van der Waals surface area (Å²) in [6.45, 7) is 4.59. The van der Waals surface area contributed by atoms with Crippen LogP contribution >= 0.6 is 0 Å². The molecule has 0 saturated carbocycles. The van der Waals surface area contributed by atoms with Crippen LogP contribution in [0.25, 0.3) is 0 Å². The standard InChI is InChI=1S/C14H20F3N/c1-3-18-13(7-8-14(15,16)17)10-12-6-4-5-11(2)9-12/h4-6,9,13,18H,3,7-8,10H2,1-2H3. The fraction of sp³-hybridized carbons (Fsp3) is 0.571. The lowest BCUT2D eigenvalue weighted by Gasteiger charge is -2.19. The third-order valence-electron chi connectivity index (χ3n) is 2.83. The molecule has 102 valence electrons. The Hall–Kier alpha value is -1.03. The van der Waals surface area contributed by atoms with Crippen molar-refractivity contribution in [3.05, 3.63) is 35.4 Å². The molecule has 1 rings (SSSR count). The lowest BCUT2D eigenvalue weighted by molar-refractivity contribution is -0.136. The molecule has 0 aliphatic rings. The van der Waals surface area contributed by atoms with Crippen molar-refractivity contribution >= 4 is 0 Å². The van der Waals surface area contributed by atoms with Crippen molar-refractivity contribution in [2.24, 2.45) is 0 Å². The van der Waals surface area contributed by atoms with Crippen LogP contribution < -0.4 is 5.32 Å². The number of rotatable bonds is 6. The highest BCUT2D eigenvalue weighted by atomic mass is 19.4. The van der Waals surface area contributed by atoms with Crippen LogP contribution in [0.2, 0.25) is 0 Å². The molecule has 1 nitrogen and oxygen atoms in total. The first-order valence-electron chi connectivity index (χ1n) is 6.26. The zero-order valence-electron chi connectivity index (χ0n) is 10.8. The summed E-state index contributed by atoms with van der Waals surface area (Å²) in [6, 6.07) is 7.81. The van der Waals surface area contributed by atoms with Crippen LogP contribution in [0.5, 0.6) is 0 Å². The molecule has 1 N–H and O–H groups in total. The molecule has 0 spiro atoms. The summed E-state index contributed by atoms with van der Waals surface area (Å²) in [5.41, 5.74) is 2.22. The van der Waals surface area contributed by atoms with Gasteiger partial charge in [0.15, 0.2) is 0 Å². The Morgan fingerprint density at radius 1 is 1.28 bits per heavy atom. The quantitative estimate of drug-likeness (QED) is 0.818. The van der Waals surface area contributed by atoms with Crippen molar-refractivity contribution in [1.29, 1.82) is 0 Å². The average Bonchev–Trinajstić information content (AvgIpc) is 2.25. The van der Waals surface area contributed by atoms with E-state index in [1.165, 1.54) is 0 Å². The third-order valence-corrected chi connectivity index (χ3v) is 2.83. The first-order valence-corrected chi connectivity index (χ1v) is 6.26. The fourth-order valence-electron chi connectivity index (χ4n) is 2.03. The number of aryl methyl sites for hydroxylation is 1. The molecule has 0 heterocycles. The van der Waals surface area contributed by atoms with Crippen molar-refractivity contribution < 1.29 is 13.2 Å². The summed E-state index contributed by atoms with van der Waals surface area (Å²) in [4.78, 5) is 0. The highest BCUT2D eigenvalue weighted by Crippen LogP contribution is 2.23. The van der Waals surface area contributed by atoms with E-state index in [0.717, 1.165) is 11.1 Å². The van der Waals surface area contributed by atoms with Crippen molar-refractivity contribution in [2.45, 2.75) is 45.3 Å². The second-order valence-electron chi connectivity index (χ2n) is 4.60. The number of hydrogen-bond donors (Lipinski definition) is 1. The predicted molar refractivity (Wildman–Crippen MR) is 67.6 cm³/mol. The van der Waals surface area contributed by atoms with Gasteiger partial charge in [0.05, 0.1) is 0 Å². The molecule has 0 aliphatic heterocycles. The Morgan fingerprint density at radius 2 is 2.00 bits per heavy atom. The highest BCUT2D eigenvalue weighted by molar-refractivity contribution is 5.22. The van der Waals surface area contributed by atoms with E-state index in [9.17, 15) is 13.2 Å². The molecule has 1 atom stereocenters. The number of halogens is 3. The second kappa shape index (κ2) is 6.78. The van der Waals surface area contributed by atoms with Gasteiger partial charge in [0.25, 0.3) is 0 Å². The molecule has 1 unspecified atom stereocenters. The fourth-order valence-corrected chi connectivity index (χ4v) is 2.03. The molecule has 4 heteroatoms. The molecule has 0 saturated heterocycles. The molecule has 0 fully saturated rings. The lowest BCUT2D eigenvalue weighted by atomic mass is 10.0. The maximum atomic E-state index is 12.2. The maximum absolute atomic E-state index is 12.2. The highest BCUT2D eigenvalue weighted by Gasteiger charge is 2.28. The summed E-state index contributed by atoms with van der Waals surface area (Å²) in [6.07, 6.45) is -4.02. The number of hydrogen-bond acceptors (Lipinski definition) is 1. The lowest BCUT2D eigenvalue weighted by Crippen LogP contribution is -2.32. The third kappa shape index (κ3) is 6.05. The SMILES string of the molecule is CCNC(CCC(F)(F)F)Cc1cccc(C)c1. The zero-order chi connectivity index (χ0) is 13.6. The summed E-state index contributed by atoms with van der Waals surface area (Å²) < 4.78 is 36.7. The summed E-state index contributed by atoms with van der Waals surface area (Å²) >= 11 is 0. The summed E-state index contributed by atoms with van der Waals surface area (Å²) in [5.74, 6) is 0. The van der Waals surface area contributed by atoms with E-state index >= 15 is 0 Å². The Kier molecular flexibility index (Phi) is 5.66. The zero-order valence-corrected chi connectivity index (χ0v) is 10.8. The van der Waals surface area contributed by atoms with Gasteiger partial charge in [-0.05, 0) is 31.9 Å². The van der Waals surface area contributed by atoms with Crippen molar-refractivity contribution in [3.8, 4) is 0 Å². The van der Waals surface area contributed by atoms with Crippen LogP contribution in [0.3, 0.4) is 0 Å². The summed E-state index contributed by atoms with van der Waals surface area (Å²) in [7, 11) is 0. The Labute approximate surface area is 106 Å². The predicted octanol–water partition coefficient (Wildman–Crippen LogP) is 3.86. The van der Waals surface area contributed by atoms with Crippen molar-refractivity contribution in [2.75, 3.05) is 6.54 Å². The molecule has 1 aromatic carbocycles. The van der Waals surface area contributed by atoms with Gasteiger partial charge >= 0.3 is 6.18 Å². The molecular weight excluding hydrogens is 239 g/mol. The minimum Gasteiger partial charge on any atom is -0.314 e. The van der Waals surface area contributed by atoms with Crippen LogP contribution in [-0.4, -0.2) is 18.8 Å². The topological polar surface area (TPSA) is 12.0 Å². The first kappa shape index (κ1) is 15.0. The Morgan fingerprint density at radius 3 is 2.56 bits per heavy atom. The van der Waals surface area contributed by atoms with Gasteiger partial charge in [-0.2, -0.15) is 13.2 Å². The van der Waals surface area contributed by atoms with Gasteiger partial charge in [-0.3, -0.25) is 0 Å². The molecule has 0 radical (unpaired) electrons. The molecule has 0 amide bonds. The largest absolute Gasteiger partial charge is 0.389 e. The Bertz CT molecular complexity index is 360. The van der Waals surface area contributed by atoms with E-state index in [0.29, 0.717) is 13.0 Å². The molecule has 0 aliphatic carbocycles. The van der Waals surface area contributed by atoms with E-state index in [1.807, 2.05) is 38.1 Å². The van der Waals surface area contributed by atoms with Crippen LogP contribution in [0, 0.1) is 6.92 Å². The van der Waals surface area contributed by atoms with Gasteiger partial charge in [-0.25, -0.2) is 0 Å². The Balaban J connectivity index is 2.57. The van der Waals surface area contributed by atoms with E-state index in [1.54, 1.807) is 0 Å². The van der Waals surface area contributed by atoms with E-state index in [-0.39, 0.29) is 12.5 Å². The molecule has 0 bridgehead atoms. The average molecular weight is 259 g/mol. The van der Waals surface area contributed by atoms with Crippen LogP contribution in [0.4, 0.5) is 13.2 Å². The van der Waals surface area contributed by atoms with E-state index < -0.39 is 12.6 Å². The van der Waals surface area contributed by atoms with Gasteiger partial charge in [-0.1, -0.05) is 36.8 Å². The van der Waals surface area contributed by atoms with Crippen LogP contribution in [0.1, 0.15) is 30.9 Å². The van der Waals surface area contributed by atoms with Gasteiger partial charge in [0.1, 0.15) is 0 Å². The van der Waals surface area contributed by atoms with Crippen LogP contribution in [-0.2, 0) is 6.42 Å². The van der Waals surface area contributed by atoms with Gasteiger partial charge in [0.2, 0.25) is 0 Å². The van der Waals surface area contributed by atoms with Crippen molar-refractivity contribution in [1.82, 2.24) is 5.32 Å². The smallest absolute Gasteiger partial charge is 0.314 e. The van der Waals surface area contributed by atoms with Crippen LogP contribution in [0.15, 0.2) is 24.3 Å². The molecular formula is C14H20F3N. The maximum Gasteiger partial charge on any atom is 0.389 e. The number of nitrogens with one attached hydrogen (secondary N) is 1. The summed E-state index contributed by atoms with van der Waals surface area (Å²) in [5, 5.41) is 3.12. The molecule has 0 aromatic heterocycles. The van der Waals surface area contributed by atoms with Gasteiger partial charge < -0.3 is 5.32 Å². The van der Waals surface area contributed by atoms with Gasteiger partial charge in [0, 0.05) is 12.5 Å². The first-order chi connectivity index (χ1) is 8.40. The second-order valence-corrected chi connectivity index (χ2v) is 4.60. The van der Waals surface area contributed by atoms with E-state index in [2.05, 4.69) is 5.32 Å². The number of likely N-dealkylation sites (N-methyl/N-ethyl adjacent to an activating group) is 1. The van der Waals surface area contributed by atoms with E-state index in [4.69, 9.17) is 0 Å².